The maximum atomic E-state index is 12.1. The maximum Gasteiger partial charge on any atom is 0.223 e. The number of carbonyl (C=O) groups excluding carboxylic acids is 1. The van der Waals surface area contributed by atoms with Gasteiger partial charge in [0.2, 0.25) is 11.9 Å². The first-order valence-electron chi connectivity index (χ1n) is 9.73. The van der Waals surface area contributed by atoms with Crippen LogP contribution in [0.4, 0.5) is 17.3 Å². The third-order valence-electron chi connectivity index (χ3n) is 5.93. The number of amides is 1. The molecule has 5 N–H and O–H groups in total. The number of aromatic nitrogens is 3. The van der Waals surface area contributed by atoms with Crippen molar-refractivity contribution < 1.29 is 9.53 Å². The second-order valence-corrected chi connectivity index (χ2v) is 8.04. The SMILES string of the molecule is COc1ccccc1Nc1nc2ncc(Cl)c(N[C@H]3[C@@H](C(N)=O)[C@@H]4C=C[C@H]3C4)c2[nH]1. The summed E-state index contributed by atoms with van der Waals surface area (Å²) in [7, 11) is 1.61. The summed E-state index contributed by atoms with van der Waals surface area (Å²) in [5, 5.41) is 7.14. The molecule has 8 nitrogen and oxygen atoms in total. The number of para-hydroxylation sites is 2. The number of aromatic amines is 1. The average Bonchev–Trinajstić information content (AvgIpc) is 3.44. The van der Waals surface area contributed by atoms with E-state index >= 15 is 0 Å². The fourth-order valence-electron chi connectivity index (χ4n) is 4.58. The largest absolute Gasteiger partial charge is 0.495 e. The van der Waals surface area contributed by atoms with Gasteiger partial charge in [-0.15, -0.1) is 0 Å². The minimum absolute atomic E-state index is 0.116. The highest BCUT2D eigenvalue weighted by atomic mass is 35.5. The molecule has 2 aliphatic carbocycles. The lowest BCUT2D eigenvalue weighted by atomic mass is 9.88. The number of nitrogens with zero attached hydrogens (tertiary/aromatic N) is 2. The molecule has 4 atom stereocenters. The Kier molecular flexibility index (Phi) is 4.51. The number of allylic oxidation sites excluding steroid dienone is 1. The van der Waals surface area contributed by atoms with E-state index in [0.29, 0.717) is 33.6 Å². The fourth-order valence-corrected chi connectivity index (χ4v) is 4.78. The number of methoxy groups -OCH3 is 1. The van der Waals surface area contributed by atoms with E-state index in [0.717, 1.165) is 12.1 Å². The minimum Gasteiger partial charge on any atom is -0.495 e. The Balaban J connectivity index is 1.49. The Bertz CT molecular complexity index is 1160. The van der Waals surface area contributed by atoms with Crippen molar-refractivity contribution in [3.05, 3.63) is 47.6 Å². The van der Waals surface area contributed by atoms with Gasteiger partial charge in [0.25, 0.3) is 0 Å². The van der Waals surface area contributed by atoms with Crippen molar-refractivity contribution in [3.63, 3.8) is 0 Å². The molecule has 0 aliphatic heterocycles. The maximum absolute atomic E-state index is 12.1. The predicted molar refractivity (Wildman–Crippen MR) is 116 cm³/mol. The summed E-state index contributed by atoms with van der Waals surface area (Å²) in [6.45, 7) is 0. The number of hydrogen-bond acceptors (Lipinski definition) is 6. The number of carbonyl (C=O) groups is 1. The molecule has 3 aromatic rings. The number of hydrogen-bond donors (Lipinski definition) is 4. The molecule has 0 radical (unpaired) electrons. The highest BCUT2D eigenvalue weighted by Crippen LogP contribution is 2.46. The van der Waals surface area contributed by atoms with Crippen molar-refractivity contribution in [1.29, 1.82) is 0 Å². The lowest BCUT2D eigenvalue weighted by molar-refractivity contribution is -0.122. The highest BCUT2D eigenvalue weighted by molar-refractivity contribution is 6.34. The molecule has 1 fully saturated rings. The molecule has 2 bridgehead atoms. The van der Waals surface area contributed by atoms with E-state index in [1.807, 2.05) is 24.3 Å². The van der Waals surface area contributed by atoms with Gasteiger partial charge in [0.1, 0.15) is 11.3 Å². The molecular weight excluding hydrogens is 404 g/mol. The monoisotopic (exact) mass is 424 g/mol. The standard InChI is InChI=1S/C21H21ClN6O2/c1-30-14-5-3-2-4-13(14)25-21-27-18-17(12(22)9-24-20(18)28-21)26-16-11-7-6-10(8-11)15(16)19(23)29/h2-7,9-11,15-16H,8H2,1H3,(H2,23,29)(H3,24,25,26,27,28)/t10-,11+,15+,16-/m1/s1. The van der Waals surface area contributed by atoms with Crippen LogP contribution in [0.3, 0.4) is 0 Å². The van der Waals surface area contributed by atoms with Crippen LogP contribution in [0.5, 0.6) is 5.75 Å². The van der Waals surface area contributed by atoms with Crippen LogP contribution in [0.15, 0.2) is 42.6 Å². The summed E-state index contributed by atoms with van der Waals surface area (Å²) in [6.07, 6.45) is 6.71. The highest BCUT2D eigenvalue weighted by Gasteiger charge is 2.47. The summed E-state index contributed by atoms with van der Waals surface area (Å²) in [4.78, 5) is 24.2. The van der Waals surface area contributed by atoms with Crippen LogP contribution in [0.1, 0.15) is 6.42 Å². The van der Waals surface area contributed by atoms with E-state index in [9.17, 15) is 4.79 Å². The van der Waals surface area contributed by atoms with Gasteiger partial charge in [-0.1, -0.05) is 35.9 Å². The van der Waals surface area contributed by atoms with E-state index < -0.39 is 0 Å². The third kappa shape index (κ3) is 3.04. The summed E-state index contributed by atoms with van der Waals surface area (Å²) in [5.74, 6) is 1.04. The Morgan fingerprint density at radius 1 is 1.30 bits per heavy atom. The van der Waals surface area contributed by atoms with Crippen molar-refractivity contribution in [3.8, 4) is 5.75 Å². The number of anilines is 3. The molecule has 9 heteroatoms. The molecule has 2 heterocycles. The van der Waals surface area contributed by atoms with Crippen molar-refractivity contribution in [2.75, 3.05) is 17.7 Å². The number of imidazole rings is 1. The van der Waals surface area contributed by atoms with Crippen molar-refractivity contribution in [2.45, 2.75) is 12.5 Å². The van der Waals surface area contributed by atoms with E-state index in [4.69, 9.17) is 22.1 Å². The zero-order valence-corrected chi connectivity index (χ0v) is 17.0. The number of ether oxygens (including phenoxy) is 1. The molecule has 1 amide bonds. The zero-order valence-electron chi connectivity index (χ0n) is 16.2. The van der Waals surface area contributed by atoms with E-state index in [-0.39, 0.29) is 29.7 Å². The quantitative estimate of drug-likeness (QED) is 0.450. The lowest BCUT2D eigenvalue weighted by Crippen LogP contribution is -2.41. The van der Waals surface area contributed by atoms with Crippen LogP contribution in [0.2, 0.25) is 5.02 Å². The van der Waals surface area contributed by atoms with Crippen molar-refractivity contribution >= 4 is 46.0 Å². The Labute approximate surface area is 177 Å². The predicted octanol–water partition coefficient (Wildman–Crippen LogP) is 3.45. The van der Waals surface area contributed by atoms with Gasteiger partial charge in [0.15, 0.2) is 5.65 Å². The van der Waals surface area contributed by atoms with Gasteiger partial charge < -0.3 is 26.1 Å². The first kappa shape index (κ1) is 18.7. The average molecular weight is 425 g/mol. The molecule has 30 heavy (non-hydrogen) atoms. The zero-order chi connectivity index (χ0) is 20.8. The van der Waals surface area contributed by atoms with Gasteiger partial charge in [-0.05, 0) is 30.4 Å². The molecule has 5 rings (SSSR count). The molecule has 2 aliphatic rings. The second kappa shape index (κ2) is 7.21. The summed E-state index contributed by atoms with van der Waals surface area (Å²) in [6, 6.07) is 7.44. The molecule has 0 saturated heterocycles. The fraction of sp³-hybridized carbons (Fsp3) is 0.286. The Morgan fingerprint density at radius 3 is 2.90 bits per heavy atom. The molecule has 0 spiro atoms. The smallest absolute Gasteiger partial charge is 0.223 e. The van der Waals surface area contributed by atoms with Gasteiger partial charge in [0.05, 0.1) is 35.6 Å². The van der Waals surface area contributed by atoms with Gasteiger partial charge in [0, 0.05) is 6.04 Å². The minimum atomic E-state index is -0.297. The van der Waals surface area contributed by atoms with Crippen LogP contribution in [-0.2, 0) is 4.79 Å². The summed E-state index contributed by atoms with van der Waals surface area (Å²) >= 11 is 6.48. The van der Waals surface area contributed by atoms with Crippen molar-refractivity contribution in [2.24, 2.45) is 23.5 Å². The number of fused-ring (bicyclic) bond motifs is 3. The first-order valence-corrected chi connectivity index (χ1v) is 10.1. The first-order chi connectivity index (χ1) is 14.5. The van der Waals surface area contributed by atoms with Gasteiger partial charge in [-0.3, -0.25) is 4.79 Å². The van der Waals surface area contributed by atoms with E-state index in [1.54, 1.807) is 13.3 Å². The topological polar surface area (TPSA) is 118 Å². The number of nitrogens with two attached hydrogens (primary N) is 1. The molecule has 154 valence electrons. The van der Waals surface area contributed by atoms with Crippen LogP contribution in [0.25, 0.3) is 11.2 Å². The summed E-state index contributed by atoms with van der Waals surface area (Å²) in [5.41, 5.74) is 8.30. The van der Waals surface area contributed by atoms with Crippen LogP contribution < -0.4 is 21.1 Å². The Hall–Kier alpha value is -3.26. The lowest BCUT2D eigenvalue weighted by Gasteiger charge is -2.28. The molecular formula is C21H21ClN6O2. The van der Waals surface area contributed by atoms with Crippen LogP contribution >= 0.6 is 11.6 Å². The number of halogens is 1. The van der Waals surface area contributed by atoms with Gasteiger partial charge in [-0.2, -0.15) is 4.98 Å². The van der Waals surface area contributed by atoms with Gasteiger partial charge >= 0.3 is 0 Å². The summed E-state index contributed by atoms with van der Waals surface area (Å²) < 4.78 is 5.38. The van der Waals surface area contributed by atoms with Crippen LogP contribution in [-0.4, -0.2) is 34.0 Å². The van der Waals surface area contributed by atoms with Crippen molar-refractivity contribution in [1.82, 2.24) is 15.0 Å². The van der Waals surface area contributed by atoms with E-state index in [1.165, 1.54) is 0 Å². The number of pyridine rings is 1. The third-order valence-corrected chi connectivity index (χ3v) is 6.22. The molecule has 2 aromatic heterocycles. The van der Waals surface area contributed by atoms with Gasteiger partial charge in [-0.25, -0.2) is 4.98 Å². The number of H-pyrrole nitrogens is 1. The molecule has 0 unspecified atom stereocenters. The molecule has 1 aromatic carbocycles. The molecule has 1 saturated carbocycles. The van der Waals surface area contributed by atoms with E-state index in [2.05, 4.69) is 37.7 Å². The Morgan fingerprint density at radius 2 is 2.10 bits per heavy atom. The number of nitrogens with one attached hydrogen (secondary N) is 3. The van der Waals surface area contributed by atoms with Crippen LogP contribution in [0, 0.1) is 17.8 Å². The number of primary amides is 1. The second-order valence-electron chi connectivity index (χ2n) is 7.64. The normalized spacial score (nSPS) is 24.3. The number of rotatable bonds is 6. The number of benzene rings is 1.